The van der Waals surface area contributed by atoms with Gasteiger partial charge in [0.1, 0.15) is 6.26 Å². The molecule has 0 aliphatic rings. The average molecular weight is 230 g/mol. The molecule has 1 heterocycles. The van der Waals surface area contributed by atoms with Gasteiger partial charge < -0.3 is 9.15 Å². The number of hydrogen-bond acceptors (Lipinski definition) is 3. The minimum atomic E-state index is -0.341. The first-order valence-electron chi connectivity index (χ1n) is 5.50. The van der Waals surface area contributed by atoms with Crippen molar-refractivity contribution in [1.29, 1.82) is 0 Å². The third-order valence-corrected chi connectivity index (χ3v) is 2.46. The van der Waals surface area contributed by atoms with E-state index in [1.165, 1.54) is 23.7 Å². The highest BCUT2D eigenvalue weighted by Crippen LogP contribution is 2.06. The van der Waals surface area contributed by atoms with Gasteiger partial charge in [-0.25, -0.2) is 4.79 Å². The molecule has 0 spiro atoms. The Bertz CT molecular complexity index is 486. The van der Waals surface area contributed by atoms with Crippen LogP contribution in [0, 0.1) is 6.92 Å². The lowest BCUT2D eigenvalue weighted by molar-refractivity contribution is 0.0508. The van der Waals surface area contributed by atoms with Gasteiger partial charge in [-0.15, -0.1) is 0 Å². The molecule has 1 aromatic carbocycles. The molecule has 0 unspecified atom stereocenters. The van der Waals surface area contributed by atoms with Crippen LogP contribution >= 0.6 is 0 Å². The third kappa shape index (κ3) is 3.21. The van der Waals surface area contributed by atoms with Crippen molar-refractivity contribution in [2.24, 2.45) is 0 Å². The minimum absolute atomic E-state index is 0.341. The van der Waals surface area contributed by atoms with Gasteiger partial charge >= 0.3 is 5.97 Å². The number of carbonyl (C=O) groups excluding carboxylic acids is 1. The smallest absolute Gasteiger partial charge is 0.341 e. The van der Waals surface area contributed by atoms with Gasteiger partial charge in [0.2, 0.25) is 0 Å². The minimum Gasteiger partial charge on any atom is -0.472 e. The van der Waals surface area contributed by atoms with Crippen LogP contribution in [0.25, 0.3) is 0 Å². The fourth-order valence-electron chi connectivity index (χ4n) is 1.59. The molecule has 0 saturated carbocycles. The van der Waals surface area contributed by atoms with Crippen LogP contribution in [-0.4, -0.2) is 12.6 Å². The maximum atomic E-state index is 11.5. The monoisotopic (exact) mass is 230 g/mol. The molecule has 0 amide bonds. The highest BCUT2D eigenvalue weighted by atomic mass is 16.5. The maximum absolute atomic E-state index is 11.5. The second kappa shape index (κ2) is 5.34. The van der Waals surface area contributed by atoms with E-state index in [2.05, 4.69) is 6.07 Å². The molecule has 3 heteroatoms. The molecule has 0 aliphatic heterocycles. The summed E-state index contributed by atoms with van der Waals surface area (Å²) in [5.74, 6) is -0.341. The lowest BCUT2D eigenvalue weighted by Crippen LogP contribution is -2.07. The SMILES string of the molecule is Cc1cccc(CCOC(=O)c2ccoc2)c1. The van der Waals surface area contributed by atoms with Crippen LogP contribution in [0.4, 0.5) is 0 Å². The molecule has 3 nitrogen and oxygen atoms in total. The van der Waals surface area contributed by atoms with Gasteiger partial charge in [0.25, 0.3) is 0 Å². The normalized spacial score (nSPS) is 10.2. The molecule has 17 heavy (non-hydrogen) atoms. The molecule has 0 aliphatic carbocycles. The van der Waals surface area contributed by atoms with Crippen molar-refractivity contribution in [3.63, 3.8) is 0 Å². The lowest BCUT2D eigenvalue weighted by Gasteiger charge is -2.04. The largest absolute Gasteiger partial charge is 0.472 e. The third-order valence-electron chi connectivity index (χ3n) is 2.46. The highest BCUT2D eigenvalue weighted by molar-refractivity contribution is 5.88. The molecule has 0 atom stereocenters. The van der Waals surface area contributed by atoms with E-state index < -0.39 is 0 Å². The highest BCUT2D eigenvalue weighted by Gasteiger charge is 2.07. The van der Waals surface area contributed by atoms with E-state index in [4.69, 9.17) is 9.15 Å². The molecule has 0 radical (unpaired) electrons. The average Bonchev–Trinajstić information content (AvgIpc) is 2.82. The molecular formula is C14H14O3. The van der Waals surface area contributed by atoms with Crippen LogP contribution in [0.5, 0.6) is 0 Å². The van der Waals surface area contributed by atoms with Crippen LogP contribution in [0.1, 0.15) is 21.5 Å². The summed E-state index contributed by atoms with van der Waals surface area (Å²) >= 11 is 0. The van der Waals surface area contributed by atoms with Crippen molar-refractivity contribution < 1.29 is 13.9 Å². The zero-order chi connectivity index (χ0) is 12.1. The van der Waals surface area contributed by atoms with Crippen molar-refractivity contribution in [3.8, 4) is 0 Å². The van der Waals surface area contributed by atoms with Crippen LogP contribution in [0.2, 0.25) is 0 Å². The molecule has 0 saturated heterocycles. The Labute approximate surface area is 100 Å². The van der Waals surface area contributed by atoms with Crippen molar-refractivity contribution in [1.82, 2.24) is 0 Å². The van der Waals surface area contributed by atoms with E-state index in [9.17, 15) is 4.79 Å². The lowest BCUT2D eigenvalue weighted by atomic mass is 10.1. The van der Waals surface area contributed by atoms with Gasteiger partial charge in [-0.1, -0.05) is 29.8 Å². The summed E-state index contributed by atoms with van der Waals surface area (Å²) in [5.41, 5.74) is 2.84. The van der Waals surface area contributed by atoms with Gasteiger partial charge in [-0.3, -0.25) is 0 Å². The molecule has 2 aromatic rings. The Morgan fingerprint density at radius 1 is 1.35 bits per heavy atom. The van der Waals surface area contributed by atoms with Crippen molar-refractivity contribution in [2.45, 2.75) is 13.3 Å². The number of hydrogen-bond donors (Lipinski definition) is 0. The summed E-state index contributed by atoms with van der Waals surface area (Å²) in [6.45, 7) is 2.43. The first-order chi connectivity index (χ1) is 8.25. The van der Waals surface area contributed by atoms with Crippen molar-refractivity contribution in [3.05, 3.63) is 59.5 Å². The number of aryl methyl sites for hydroxylation is 1. The number of carbonyl (C=O) groups is 1. The number of furan rings is 1. The van der Waals surface area contributed by atoms with Crippen molar-refractivity contribution >= 4 is 5.97 Å². The van der Waals surface area contributed by atoms with Gasteiger partial charge in [0.05, 0.1) is 18.4 Å². The Kier molecular flexibility index (Phi) is 3.60. The molecule has 0 bridgehead atoms. The summed E-state index contributed by atoms with van der Waals surface area (Å²) in [5, 5.41) is 0. The fourth-order valence-corrected chi connectivity index (χ4v) is 1.59. The van der Waals surface area contributed by atoms with Crippen LogP contribution in [0.15, 0.2) is 47.3 Å². The molecule has 0 N–H and O–H groups in total. The van der Waals surface area contributed by atoms with E-state index >= 15 is 0 Å². The van der Waals surface area contributed by atoms with Crippen LogP contribution in [-0.2, 0) is 11.2 Å². The predicted molar refractivity (Wildman–Crippen MR) is 63.9 cm³/mol. The van der Waals surface area contributed by atoms with Crippen LogP contribution in [0.3, 0.4) is 0 Å². The van der Waals surface area contributed by atoms with Gasteiger partial charge in [-0.05, 0) is 18.6 Å². The summed E-state index contributed by atoms with van der Waals surface area (Å²) in [7, 11) is 0. The number of rotatable bonds is 4. The Balaban J connectivity index is 1.82. The summed E-state index contributed by atoms with van der Waals surface area (Å²) in [6.07, 6.45) is 3.57. The Hall–Kier alpha value is -2.03. The summed E-state index contributed by atoms with van der Waals surface area (Å²) in [4.78, 5) is 11.5. The standard InChI is InChI=1S/C14H14O3/c1-11-3-2-4-12(9-11)5-8-17-14(15)13-6-7-16-10-13/h2-4,6-7,9-10H,5,8H2,1H3. The second-order valence-electron chi connectivity index (χ2n) is 3.89. The number of benzene rings is 1. The molecule has 2 rings (SSSR count). The predicted octanol–water partition coefficient (Wildman–Crippen LogP) is 2.99. The molecule has 0 fully saturated rings. The first kappa shape index (κ1) is 11.5. The zero-order valence-electron chi connectivity index (χ0n) is 9.68. The van der Waals surface area contributed by atoms with E-state index in [0.29, 0.717) is 12.2 Å². The molecular weight excluding hydrogens is 216 g/mol. The van der Waals surface area contributed by atoms with Gasteiger partial charge in [0, 0.05) is 6.42 Å². The second-order valence-corrected chi connectivity index (χ2v) is 3.89. The van der Waals surface area contributed by atoms with Gasteiger partial charge in [-0.2, -0.15) is 0 Å². The topological polar surface area (TPSA) is 39.4 Å². The summed E-state index contributed by atoms with van der Waals surface area (Å²) < 4.78 is 9.95. The summed E-state index contributed by atoms with van der Waals surface area (Å²) in [6, 6.07) is 9.75. The molecule has 1 aromatic heterocycles. The van der Waals surface area contributed by atoms with Crippen LogP contribution < -0.4 is 0 Å². The van der Waals surface area contributed by atoms with E-state index in [1.807, 2.05) is 25.1 Å². The van der Waals surface area contributed by atoms with Crippen molar-refractivity contribution in [2.75, 3.05) is 6.61 Å². The first-order valence-corrected chi connectivity index (χ1v) is 5.50. The zero-order valence-corrected chi connectivity index (χ0v) is 9.68. The van der Waals surface area contributed by atoms with E-state index in [1.54, 1.807) is 6.07 Å². The van der Waals surface area contributed by atoms with E-state index in [0.717, 1.165) is 6.42 Å². The Morgan fingerprint density at radius 3 is 2.94 bits per heavy atom. The van der Waals surface area contributed by atoms with E-state index in [-0.39, 0.29) is 5.97 Å². The number of esters is 1. The fraction of sp³-hybridized carbons (Fsp3) is 0.214. The van der Waals surface area contributed by atoms with Gasteiger partial charge in [0.15, 0.2) is 0 Å². The maximum Gasteiger partial charge on any atom is 0.341 e. The molecule has 88 valence electrons. The number of ether oxygens (including phenoxy) is 1. The quantitative estimate of drug-likeness (QED) is 0.758. The Morgan fingerprint density at radius 2 is 2.24 bits per heavy atom.